The van der Waals surface area contributed by atoms with Gasteiger partial charge in [-0.15, -0.1) is 0 Å². The van der Waals surface area contributed by atoms with Gasteiger partial charge in [-0.05, 0) is 78.0 Å². The number of likely N-dealkylation sites (tertiary alicyclic amines) is 1. The van der Waals surface area contributed by atoms with Crippen LogP contribution in [0.15, 0.2) is 41.5 Å². The minimum absolute atomic E-state index is 0.0449. The van der Waals surface area contributed by atoms with Crippen LogP contribution in [-0.4, -0.2) is 69.1 Å². The van der Waals surface area contributed by atoms with Crippen LogP contribution in [0.2, 0.25) is 5.15 Å². The van der Waals surface area contributed by atoms with E-state index in [4.69, 9.17) is 32.5 Å². The van der Waals surface area contributed by atoms with Crippen molar-refractivity contribution in [2.24, 2.45) is 4.99 Å². The van der Waals surface area contributed by atoms with Crippen LogP contribution in [0.3, 0.4) is 0 Å². The molecule has 0 radical (unpaired) electrons. The van der Waals surface area contributed by atoms with Crippen molar-refractivity contribution < 1.29 is 19.1 Å². The number of anilines is 2. The Morgan fingerprint density at radius 3 is 2.37 bits per heavy atom. The van der Waals surface area contributed by atoms with E-state index in [0.29, 0.717) is 18.3 Å². The molecule has 2 saturated heterocycles. The number of nitrogens with zero attached hydrogens (tertiary/aromatic N) is 4. The molecule has 0 saturated carbocycles. The monoisotopic (exact) mass is 612 g/mol. The van der Waals surface area contributed by atoms with Crippen LogP contribution in [0, 0.1) is 0 Å². The van der Waals surface area contributed by atoms with Crippen molar-refractivity contribution in [1.82, 2.24) is 25.5 Å². The highest BCUT2D eigenvalue weighted by atomic mass is 35.5. The van der Waals surface area contributed by atoms with E-state index < -0.39 is 23.1 Å². The molecule has 0 unspecified atom stereocenters. The van der Waals surface area contributed by atoms with Crippen LogP contribution in [0.25, 0.3) is 0 Å². The number of aromatic nitrogens is 2. The van der Waals surface area contributed by atoms with Gasteiger partial charge < -0.3 is 36.5 Å². The smallest absolute Gasteiger partial charge is 0.350 e. The molecule has 2 aromatic rings. The van der Waals surface area contributed by atoms with Gasteiger partial charge in [0.1, 0.15) is 11.4 Å². The van der Waals surface area contributed by atoms with Crippen LogP contribution in [0.5, 0.6) is 5.75 Å². The number of carbonyl (C=O) groups is 2. The highest BCUT2D eigenvalue weighted by molar-refractivity contribution is 6.31. The van der Waals surface area contributed by atoms with Crippen LogP contribution in [0.4, 0.5) is 11.6 Å². The maximum atomic E-state index is 12.6. The van der Waals surface area contributed by atoms with E-state index in [0.717, 1.165) is 50.0 Å². The number of allylic oxidation sites excluding steroid dienone is 1. The summed E-state index contributed by atoms with van der Waals surface area (Å²) in [5.41, 5.74) is 11.6. The quantitative estimate of drug-likeness (QED) is 0.322. The Morgan fingerprint density at radius 2 is 1.74 bits per heavy atom. The summed E-state index contributed by atoms with van der Waals surface area (Å²) in [6, 6.07) is 7.76. The average Bonchev–Trinajstić information content (AvgIpc) is 3.30. The van der Waals surface area contributed by atoms with Gasteiger partial charge in [-0.1, -0.05) is 30.3 Å². The standard InChI is InChI=1S/C30H41ClN8O4/c1-18(7-8-19-9-11-20(12-10-19)42-29(5,6)26(41)43-28(2,3)4)39-15-13-30(14-16-39)17-34-27(38-30)37-25(40)21-23(32)36-24(33)22(31)35-21/h9-12H,1,7-8,13-17H2,2-6H3,(H4,32,33,36)(H2,34,37,38,40). The first-order valence-corrected chi connectivity index (χ1v) is 14.6. The molecule has 2 aliphatic rings. The summed E-state index contributed by atoms with van der Waals surface area (Å²) in [7, 11) is 0. The number of piperidine rings is 1. The number of guanidine groups is 1. The number of amides is 1. The number of ether oxygens (including phenoxy) is 2. The van der Waals surface area contributed by atoms with Gasteiger partial charge in [0.05, 0.1) is 5.54 Å². The maximum absolute atomic E-state index is 12.6. The first-order valence-electron chi connectivity index (χ1n) is 14.2. The number of halogens is 1. The molecule has 0 atom stereocenters. The molecule has 13 heteroatoms. The number of aliphatic imine (C=N–C) groups is 1. The fraction of sp³-hybridized carbons (Fsp3) is 0.500. The second-order valence-corrected chi connectivity index (χ2v) is 12.8. The average molecular weight is 613 g/mol. The Kier molecular flexibility index (Phi) is 9.10. The van der Waals surface area contributed by atoms with E-state index in [-0.39, 0.29) is 28.0 Å². The Hall–Kier alpha value is -4.06. The lowest BCUT2D eigenvalue weighted by Gasteiger charge is -2.40. The zero-order valence-corrected chi connectivity index (χ0v) is 26.2. The highest BCUT2D eigenvalue weighted by Gasteiger charge is 2.40. The van der Waals surface area contributed by atoms with Gasteiger partial charge in [-0.2, -0.15) is 4.99 Å². The number of nitrogens with two attached hydrogens (primary N) is 2. The molecule has 0 aliphatic carbocycles. The van der Waals surface area contributed by atoms with Crippen molar-refractivity contribution in [3.63, 3.8) is 0 Å². The first kappa shape index (κ1) is 31.9. The molecule has 12 nitrogen and oxygen atoms in total. The third kappa shape index (κ3) is 8.07. The van der Waals surface area contributed by atoms with Gasteiger partial charge in [-0.3, -0.25) is 4.79 Å². The number of benzene rings is 1. The largest absolute Gasteiger partial charge is 0.476 e. The summed E-state index contributed by atoms with van der Waals surface area (Å²) in [6.45, 7) is 15.5. The molecule has 1 amide bonds. The predicted octanol–water partition coefficient (Wildman–Crippen LogP) is 3.46. The van der Waals surface area contributed by atoms with Crippen LogP contribution >= 0.6 is 11.6 Å². The molecule has 2 aliphatic heterocycles. The third-order valence-electron chi connectivity index (χ3n) is 7.36. The van der Waals surface area contributed by atoms with E-state index in [1.54, 1.807) is 13.8 Å². The van der Waals surface area contributed by atoms with Crippen molar-refractivity contribution in [2.45, 2.75) is 77.0 Å². The van der Waals surface area contributed by atoms with E-state index in [9.17, 15) is 9.59 Å². The van der Waals surface area contributed by atoms with Gasteiger partial charge in [0.25, 0.3) is 0 Å². The Morgan fingerprint density at radius 1 is 1.09 bits per heavy atom. The summed E-state index contributed by atoms with van der Waals surface area (Å²) in [5.74, 6) is -0.258. The number of rotatable bonds is 8. The minimum Gasteiger partial charge on any atom is -0.476 e. The van der Waals surface area contributed by atoms with E-state index in [1.807, 2.05) is 45.0 Å². The number of hydrogen-bond acceptors (Lipinski definition) is 9. The van der Waals surface area contributed by atoms with Crippen molar-refractivity contribution in [3.8, 4) is 5.75 Å². The van der Waals surface area contributed by atoms with Gasteiger partial charge in [0, 0.05) is 25.3 Å². The topological polar surface area (TPSA) is 170 Å². The molecule has 4 rings (SSSR count). The van der Waals surface area contributed by atoms with E-state index in [1.165, 1.54) is 0 Å². The molecule has 2 fully saturated rings. The van der Waals surface area contributed by atoms with Gasteiger partial charge in [-0.25, -0.2) is 14.8 Å². The number of hydrogen-bond donors (Lipinski definition) is 4. The summed E-state index contributed by atoms with van der Waals surface area (Å²) in [4.78, 5) is 39.3. The molecular weight excluding hydrogens is 572 g/mol. The zero-order valence-electron chi connectivity index (χ0n) is 25.4. The highest BCUT2D eigenvalue weighted by Crippen LogP contribution is 2.28. The lowest BCUT2D eigenvalue weighted by Crippen LogP contribution is -2.52. The third-order valence-corrected chi connectivity index (χ3v) is 7.63. The fourth-order valence-electron chi connectivity index (χ4n) is 4.87. The molecule has 6 N–H and O–H groups in total. The molecule has 0 bridgehead atoms. The second kappa shape index (κ2) is 12.3. The Labute approximate surface area is 257 Å². The number of nitrogens with one attached hydrogen (secondary N) is 2. The summed E-state index contributed by atoms with van der Waals surface area (Å²) in [6.07, 6.45) is 3.34. The summed E-state index contributed by atoms with van der Waals surface area (Å²) < 4.78 is 11.4. The lowest BCUT2D eigenvalue weighted by atomic mass is 9.88. The van der Waals surface area contributed by atoms with Gasteiger partial charge in [0.15, 0.2) is 34.0 Å². The predicted molar refractivity (Wildman–Crippen MR) is 167 cm³/mol. The normalized spacial score (nSPS) is 17.3. The first-order chi connectivity index (χ1) is 20.1. The van der Waals surface area contributed by atoms with Gasteiger partial charge in [0.2, 0.25) is 0 Å². The summed E-state index contributed by atoms with van der Waals surface area (Å²) >= 11 is 5.90. The van der Waals surface area contributed by atoms with Gasteiger partial charge >= 0.3 is 11.9 Å². The molecule has 3 heterocycles. The zero-order chi connectivity index (χ0) is 31.6. The minimum atomic E-state index is -1.10. The van der Waals surface area contributed by atoms with Crippen molar-refractivity contribution in [3.05, 3.63) is 53.0 Å². The van der Waals surface area contributed by atoms with E-state index in [2.05, 4.69) is 37.1 Å². The second-order valence-electron chi connectivity index (χ2n) is 12.5. The number of esters is 1. The SMILES string of the molecule is C=C(CCc1ccc(OC(C)(C)C(=O)OC(C)(C)C)cc1)N1CCC2(CC1)CN/C(=N\C(=O)c1nc(Cl)c(N)nc1N)N2. The lowest BCUT2D eigenvalue weighted by molar-refractivity contribution is -0.170. The number of aryl methyl sites for hydroxylation is 1. The number of carbonyl (C=O) groups excluding carboxylic acids is 2. The molecule has 1 spiro atoms. The Balaban J connectivity index is 1.24. The molecule has 1 aromatic heterocycles. The van der Waals surface area contributed by atoms with Crippen LogP contribution < -0.4 is 26.8 Å². The van der Waals surface area contributed by atoms with Crippen molar-refractivity contribution in [1.29, 1.82) is 0 Å². The fourth-order valence-corrected chi connectivity index (χ4v) is 5.00. The van der Waals surface area contributed by atoms with Crippen molar-refractivity contribution >= 4 is 41.1 Å². The van der Waals surface area contributed by atoms with Crippen LogP contribution in [0.1, 0.15) is 69.9 Å². The van der Waals surface area contributed by atoms with Crippen molar-refractivity contribution in [2.75, 3.05) is 31.1 Å². The Bertz CT molecular complexity index is 1410. The molecular formula is C30H41ClN8O4. The molecule has 43 heavy (non-hydrogen) atoms. The van der Waals surface area contributed by atoms with E-state index >= 15 is 0 Å². The maximum Gasteiger partial charge on any atom is 0.350 e. The summed E-state index contributed by atoms with van der Waals surface area (Å²) in [5, 5.41) is 6.47. The molecule has 232 valence electrons. The molecule has 1 aromatic carbocycles. The van der Waals surface area contributed by atoms with Crippen LogP contribution in [-0.2, 0) is 16.0 Å². The number of nitrogen functional groups attached to an aromatic ring is 2.